The molecule has 2 N–H and O–H groups in total. The van der Waals surface area contributed by atoms with Crippen molar-refractivity contribution in [3.8, 4) is 0 Å². The normalized spacial score (nSPS) is 47.4. The van der Waals surface area contributed by atoms with Crippen LogP contribution in [0.25, 0.3) is 0 Å². The van der Waals surface area contributed by atoms with Gasteiger partial charge < -0.3 is 10.2 Å². The molecule has 0 amide bonds. The van der Waals surface area contributed by atoms with Crippen LogP contribution in [0.15, 0.2) is 11.6 Å². The number of allylic oxidation sites excluding steroid dienone is 1. The smallest absolute Gasteiger partial charge is 0.303 e. The van der Waals surface area contributed by atoms with Crippen molar-refractivity contribution in [3.63, 3.8) is 0 Å². The fourth-order valence-electron chi connectivity index (χ4n) is 8.17. The van der Waals surface area contributed by atoms with Crippen LogP contribution in [-0.4, -0.2) is 22.3 Å². The minimum absolute atomic E-state index is 0.124. The Morgan fingerprint density at radius 1 is 1.19 bits per heavy atom. The molecule has 8 atom stereocenters. The lowest BCUT2D eigenvalue weighted by atomic mass is 9.47. The molecule has 3 nitrogen and oxygen atoms in total. The Hall–Kier alpha value is -0.830. The number of aliphatic hydroxyl groups is 1. The molecule has 0 unspecified atom stereocenters. The summed E-state index contributed by atoms with van der Waals surface area (Å²) in [6.07, 6.45) is 13.0. The summed E-state index contributed by atoms with van der Waals surface area (Å²) in [6.45, 7) is 7.33. The third-order valence-corrected chi connectivity index (χ3v) is 9.65. The number of hydrogen-bond acceptors (Lipinski definition) is 2. The molecule has 0 aromatic rings. The number of aliphatic hydroxyl groups excluding tert-OH is 1. The van der Waals surface area contributed by atoms with Gasteiger partial charge in [-0.3, -0.25) is 4.79 Å². The molecule has 0 aromatic heterocycles. The van der Waals surface area contributed by atoms with Gasteiger partial charge in [0.05, 0.1) is 6.10 Å². The first-order chi connectivity index (χ1) is 12.8. The molecule has 4 aliphatic carbocycles. The Labute approximate surface area is 164 Å². The average molecular weight is 375 g/mol. The number of carboxylic acid groups (broad SMARTS) is 1. The number of aliphatic carboxylic acids is 1. The maximum absolute atomic E-state index is 11.0. The monoisotopic (exact) mass is 374 g/mol. The third kappa shape index (κ3) is 3.09. The fourth-order valence-corrected chi connectivity index (χ4v) is 8.17. The summed E-state index contributed by atoms with van der Waals surface area (Å²) in [6, 6.07) is 0. The van der Waals surface area contributed by atoms with Crippen molar-refractivity contribution in [1.82, 2.24) is 0 Å². The van der Waals surface area contributed by atoms with Crippen molar-refractivity contribution in [2.75, 3.05) is 0 Å². The van der Waals surface area contributed by atoms with E-state index in [-0.39, 0.29) is 6.10 Å². The third-order valence-electron chi connectivity index (χ3n) is 9.65. The molecule has 0 spiro atoms. The molecule has 4 aliphatic rings. The molecular weight excluding hydrogens is 336 g/mol. The van der Waals surface area contributed by atoms with Gasteiger partial charge in [0.25, 0.3) is 0 Å². The van der Waals surface area contributed by atoms with Crippen molar-refractivity contribution >= 4 is 5.97 Å². The van der Waals surface area contributed by atoms with Crippen LogP contribution in [0.4, 0.5) is 0 Å². The lowest BCUT2D eigenvalue weighted by Crippen LogP contribution is -2.50. The lowest BCUT2D eigenvalue weighted by Gasteiger charge is -2.58. The highest BCUT2D eigenvalue weighted by molar-refractivity contribution is 5.66. The highest BCUT2D eigenvalue weighted by Crippen LogP contribution is 2.67. The van der Waals surface area contributed by atoms with Gasteiger partial charge in [0.15, 0.2) is 0 Å². The number of fused-ring (bicyclic) bond motifs is 5. The molecule has 3 fully saturated rings. The predicted octanol–water partition coefficient (Wildman–Crippen LogP) is 5.43. The summed E-state index contributed by atoms with van der Waals surface area (Å²) in [5.41, 5.74) is 2.27. The topological polar surface area (TPSA) is 57.5 Å². The molecular formula is C24H38O3. The molecule has 0 heterocycles. The van der Waals surface area contributed by atoms with Gasteiger partial charge in [-0.2, -0.15) is 0 Å². The number of carboxylic acids is 1. The summed E-state index contributed by atoms with van der Waals surface area (Å²) in [4.78, 5) is 11.0. The zero-order chi connectivity index (χ0) is 19.4. The highest BCUT2D eigenvalue weighted by Gasteiger charge is 2.59. The molecule has 0 aromatic carbocycles. The molecule has 3 saturated carbocycles. The SMILES string of the molecule is C[C@@H](CCC(=O)O)[C@@H]1CC[C@@H]2[C@H]3CC=C4C[C@@H](O)CC[C@]4(C)[C@@H]3CC[C@@]21C. The van der Waals surface area contributed by atoms with Crippen molar-refractivity contribution in [1.29, 1.82) is 0 Å². The van der Waals surface area contributed by atoms with Gasteiger partial charge in [-0.1, -0.05) is 32.4 Å². The van der Waals surface area contributed by atoms with Crippen LogP contribution < -0.4 is 0 Å². The molecule has 0 radical (unpaired) electrons. The van der Waals surface area contributed by atoms with E-state index in [4.69, 9.17) is 5.11 Å². The maximum Gasteiger partial charge on any atom is 0.303 e. The van der Waals surface area contributed by atoms with E-state index < -0.39 is 5.97 Å². The largest absolute Gasteiger partial charge is 0.481 e. The summed E-state index contributed by atoms with van der Waals surface area (Å²) < 4.78 is 0. The molecule has 4 rings (SSSR count). The highest BCUT2D eigenvalue weighted by atomic mass is 16.4. The lowest BCUT2D eigenvalue weighted by molar-refractivity contribution is -0.137. The Morgan fingerprint density at radius 3 is 2.70 bits per heavy atom. The molecule has 0 saturated heterocycles. The molecule has 0 aliphatic heterocycles. The van der Waals surface area contributed by atoms with Crippen LogP contribution >= 0.6 is 0 Å². The van der Waals surface area contributed by atoms with Crippen molar-refractivity contribution < 1.29 is 15.0 Å². The second kappa shape index (κ2) is 6.90. The van der Waals surface area contributed by atoms with Crippen LogP contribution in [0.1, 0.15) is 85.0 Å². The maximum atomic E-state index is 11.0. The second-order valence-electron chi connectivity index (χ2n) is 10.8. The predicted molar refractivity (Wildman–Crippen MR) is 107 cm³/mol. The van der Waals surface area contributed by atoms with E-state index in [1.807, 2.05) is 0 Å². The van der Waals surface area contributed by atoms with Gasteiger partial charge in [0.2, 0.25) is 0 Å². The minimum atomic E-state index is -0.650. The summed E-state index contributed by atoms with van der Waals surface area (Å²) in [5.74, 6) is 2.94. The zero-order valence-electron chi connectivity index (χ0n) is 17.4. The molecule has 152 valence electrons. The van der Waals surface area contributed by atoms with Crippen molar-refractivity contribution in [2.24, 2.45) is 40.4 Å². The van der Waals surface area contributed by atoms with E-state index in [0.717, 1.165) is 43.4 Å². The average Bonchev–Trinajstić information content (AvgIpc) is 2.97. The van der Waals surface area contributed by atoms with E-state index in [9.17, 15) is 9.90 Å². The Balaban J connectivity index is 1.54. The quantitative estimate of drug-likeness (QED) is 0.645. The summed E-state index contributed by atoms with van der Waals surface area (Å²) in [5, 5.41) is 19.2. The number of rotatable bonds is 4. The van der Waals surface area contributed by atoms with Gasteiger partial charge in [-0.15, -0.1) is 0 Å². The number of carbonyl (C=O) groups is 1. The zero-order valence-corrected chi connectivity index (χ0v) is 17.4. The van der Waals surface area contributed by atoms with E-state index in [0.29, 0.717) is 29.1 Å². The summed E-state index contributed by atoms with van der Waals surface area (Å²) >= 11 is 0. The first-order valence-corrected chi connectivity index (χ1v) is 11.3. The van der Waals surface area contributed by atoms with Crippen molar-refractivity contribution in [3.05, 3.63) is 11.6 Å². The first kappa shape index (κ1) is 19.5. The van der Waals surface area contributed by atoms with Crippen LogP contribution in [0.3, 0.4) is 0 Å². The summed E-state index contributed by atoms with van der Waals surface area (Å²) in [7, 11) is 0. The van der Waals surface area contributed by atoms with E-state index in [2.05, 4.69) is 26.8 Å². The molecule has 27 heavy (non-hydrogen) atoms. The Kier molecular flexibility index (Phi) is 4.98. The standard InChI is InChI=1S/C24H38O3/c1-15(4-9-22(26)27)19-7-8-20-18-6-5-16-14-17(25)10-12-23(16,2)21(18)11-13-24(19,20)3/h5,15,17-21,25H,4,6-14H2,1-3H3,(H,26,27)/t15-,17-,18+,19-,20+,21+,23-,24+/m0/s1. The minimum Gasteiger partial charge on any atom is -0.481 e. The van der Waals surface area contributed by atoms with Crippen LogP contribution in [-0.2, 0) is 4.79 Å². The van der Waals surface area contributed by atoms with Crippen LogP contribution in [0.2, 0.25) is 0 Å². The van der Waals surface area contributed by atoms with Crippen molar-refractivity contribution in [2.45, 2.75) is 91.1 Å². The van der Waals surface area contributed by atoms with Gasteiger partial charge in [0.1, 0.15) is 0 Å². The Bertz CT molecular complexity index is 625. The van der Waals surface area contributed by atoms with E-state index in [1.54, 1.807) is 5.57 Å². The fraction of sp³-hybridized carbons (Fsp3) is 0.875. The molecule has 0 bridgehead atoms. The van der Waals surface area contributed by atoms with Gasteiger partial charge in [-0.25, -0.2) is 0 Å². The number of hydrogen-bond donors (Lipinski definition) is 2. The van der Waals surface area contributed by atoms with Gasteiger partial charge >= 0.3 is 5.97 Å². The Morgan fingerprint density at radius 2 is 1.96 bits per heavy atom. The van der Waals surface area contributed by atoms with Crippen LogP contribution in [0.5, 0.6) is 0 Å². The van der Waals surface area contributed by atoms with E-state index in [1.165, 1.54) is 32.1 Å². The second-order valence-corrected chi connectivity index (χ2v) is 10.8. The first-order valence-electron chi connectivity index (χ1n) is 11.3. The van der Waals surface area contributed by atoms with Gasteiger partial charge in [0, 0.05) is 6.42 Å². The van der Waals surface area contributed by atoms with Crippen LogP contribution in [0, 0.1) is 40.4 Å². The van der Waals surface area contributed by atoms with E-state index >= 15 is 0 Å². The van der Waals surface area contributed by atoms with Gasteiger partial charge in [-0.05, 0) is 98.2 Å². The molecule has 3 heteroatoms.